The maximum absolute atomic E-state index is 13.4. The minimum atomic E-state index is -0.200. The van der Waals surface area contributed by atoms with Crippen molar-refractivity contribution in [2.45, 2.75) is 65.1 Å². The van der Waals surface area contributed by atoms with Gasteiger partial charge in [-0.1, -0.05) is 62.6 Å². The fourth-order valence-corrected chi connectivity index (χ4v) is 5.98. The highest BCUT2D eigenvalue weighted by molar-refractivity contribution is 6.33. The monoisotopic (exact) mass is 604 g/mol. The summed E-state index contributed by atoms with van der Waals surface area (Å²) >= 11 is 6.51. The predicted molar refractivity (Wildman–Crippen MR) is 170 cm³/mol. The Hall–Kier alpha value is -3.69. The van der Waals surface area contributed by atoms with Gasteiger partial charge >= 0.3 is 0 Å². The zero-order valence-corrected chi connectivity index (χ0v) is 26.0. The van der Waals surface area contributed by atoms with E-state index in [2.05, 4.69) is 46.5 Å². The van der Waals surface area contributed by atoms with Crippen molar-refractivity contribution >= 4 is 35.1 Å². The molecule has 2 aliphatic rings. The summed E-state index contributed by atoms with van der Waals surface area (Å²) in [7, 11) is 0. The Balaban J connectivity index is 1.21. The number of amides is 2. The average molecular weight is 605 g/mol. The topological polar surface area (TPSA) is 99.7 Å². The molecule has 2 amide bonds. The summed E-state index contributed by atoms with van der Waals surface area (Å²) in [5.41, 5.74) is 4.92. The van der Waals surface area contributed by atoms with E-state index in [0.29, 0.717) is 34.8 Å². The van der Waals surface area contributed by atoms with Crippen LogP contribution in [0.1, 0.15) is 74.0 Å². The van der Waals surface area contributed by atoms with Crippen LogP contribution in [-0.2, 0) is 16.1 Å². The van der Waals surface area contributed by atoms with Crippen molar-refractivity contribution in [3.63, 3.8) is 0 Å². The highest BCUT2D eigenvalue weighted by atomic mass is 35.5. The van der Waals surface area contributed by atoms with Crippen LogP contribution >= 0.6 is 11.6 Å². The van der Waals surface area contributed by atoms with Gasteiger partial charge in [-0.2, -0.15) is 0 Å². The first-order valence-corrected chi connectivity index (χ1v) is 15.7. The molecule has 2 N–H and O–H groups in total. The zero-order valence-electron chi connectivity index (χ0n) is 25.2. The number of hydrogen-bond donors (Lipinski definition) is 2. The van der Waals surface area contributed by atoms with Gasteiger partial charge in [0.15, 0.2) is 0 Å². The summed E-state index contributed by atoms with van der Waals surface area (Å²) in [4.78, 5) is 39.3. The molecule has 1 atom stereocenters. The number of morpholine rings is 1. The Bertz CT molecular complexity index is 1420. The van der Waals surface area contributed by atoms with E-state index in [9.17, 15) is 9.59 Å². The average Bonchev–Trinajstić information content (AvgIpc) is 3.32. The lowest BCUT2D eigenvalue weighted by Crippen LogP contribution is -2.38. The van der Waals surface area contributed by atoms with Crippen LogP contribution in [0.2, 0.25) is 5.02 Å². The van der Waals surface area contributed by atoms with Crippen LogP contribution < -0.4 is 15.5 Å². The van der Waals surface area contributed by atoms with E-state index < -0.39 is 0 Å². The molecule has 0 aliphatic carbocycles. The number of anilines is 2. The van der Waals surface area contributed by atoms with Crippen LogP contribution in [0.3, 0.4) is 0 Å². The summed E-state index contributed by atoms with van der Waals surface area (Å²) in [6, 6.07) is 14.0. The molecule has 2 aromatic carbocycles. The van der Waals surface area contributed by atoms with Gasteiger partial charge in [-0.15, -0.1) is 0 Å². The number of benzene rings is 2. The van der Waals surface area contributed by atoms with Gasteiger partial charge < -0.3 is 25.2 Å². The molecule has 3 aromatic rings. The molecule has 1 fully saturated rings. The number of carbonyl (C=O) groups excluding carboxylic acids is 2. The minimum absolute atomic E-state index is 0.0162. The Morgan fingerprint density at radius 2 is 1.79 bits per heavy atom. The smallest absolute Gasteiger partial charge is 0.254 e. The lowest BCUT2D eigenvalue weighted by Gasteiger charge is -2.29. The first kappa shape index (κ1) is 30.8. The highest BCUT2D eigenvalue weighted by Gasteiger charge is 2.30. The van der Waals surface area contributed by atoms with Gasteiger partial charge in [0.1, 0.15) is 6.54 Å². The molecular formula is C33H41ClN6O3. The Kier molecular flexibility index (Phi) is 10.1. The summed E-state index contributed by atoms with van der Waals surface area (Å²) in [6.07, 6.45) is 5.81. The molecule has 228 valence electrons. The number of hydrogen-bond acceptors (Lipinski definition) is 7. The highest BCUT2D eigenvalue weighted by Crippen LogP contribution is 2.32. The second-order valence-corrected chi connectivity index (χ2v) is 11.7. The van der Waals surface area contributed by atoms with Crippen molar-refractivity contribution in [1.29, 1.82) is 0 Å². The number of nitrogens with one attached hydrogen (secondary N) is 2. The van der Waals surface area contributed by atoms with Crippen molar-refractivity contribution in [2.75, 3.05) is 43.1 Å². The third-order valence-corrected chi connectivity index (χ3v) is 8.37. The van der Waals surface area contributed by atoms with Crippen molar-refractivity contribution < 1.29 is 14.3 Å². The molecule has 0 saturated carbocycles. The largest absolute Gasteiger partial charge is 0.378 e. The number of halogens is 1. The molecule has 5 rings (SSSR count). The van der Waals surface area contributed by atoms with E-state index in [0.717, 1.165) is 74.4 Å². The van der Waals surface area contributed by atoms with E-state index >= 15 is 0 Å². The molecule has 1 aromatic heterocycles. The standard InChI is InChI=1S/C33H41ClN6O3/c1-4-6-26(7-5-2)37-33-35-19-29(34)31(38-33)24-8-9-25-20-40(32(42)28(25)18-24)21-30(41)36-22(3)23-10-12-27(13-11-23)39-14-16-43-17-15-39/h8-13,18-19,22,26H,4-7,14-17,20-21H2,1-3H3,(H,36,41)(H,35,37,38). The van der Waals surface area contributed by atoms with Gasteiger partial charge in [-0.25, -0.2) is 9.97 Å². The lowest BCUT2D eigenvalue weighted by atomic mass is 10.0. The summed E-state index contributed by atoms with van der Waals surface area (Å²) in [6.45, 7) is 9.88. The number of carbonyl (C=O) groups is 2. The third-order valence-electron chi connectivity index (χ3n) is 8.10. The minimum Gasteiger partial charge on any atom is -0.378 e. The van der Waals surface area contributed by atoms with Crippen LogP contribution in [0.4, 0.5) is 11.6 Å². The Morgan fingerprint density at radius 3 is 2.49 bits per heavy atom. The quantitative estimate of drug-likeness (QED) is 0.268. The van der Waals surface area contributed by atoms with E-state index in [4.69, 9.17) is 21.3 Å². The van der Waals surface area contributed by atoms with Gasteiger partial charge in [-0.3, -0.25) is 9.59 Å². The molecule has 9 nitrogen and oxygen atoms in total. The fourth-order valence-electron chi connectivity index (χ4n) is 5.78. The molecule has 43 heavy (non-hydrogen) atoms. The normalized spacial score (nSPS) is 15.5. The Morgan fingerprint density at radius 1 is 1.07 bits per heavy atom. The number of fused-ring (bicyclic) bond motifs is 1. The van der Waals surface area contributed by atoms with Crippen LogP contribution in [0, 0.1) is 0 Å². The number of nitrogens with zero attached hydrogens (tertiary/aromatic N) is 4. The van der Waals surface area contributed by atoms with Crippen molar-refractivity contribution in [3.05, 3.63) is 70.4 Å². The third kappa shape index (κ3) is 7.46. The van der Waals surface area contributed by atoms with E-state index in [-0.39, 0.29) is 24.4 Å². The number of aromatic nitrogens is 2. The lowest BCUT2D eigenvalue weighted by molar-refractivity contribution is -0.122. The van der Waals surface area contributed by atoms with Crippen LogP contribution in [0.5, 0.6) is 0 Å². The first-order chi connectivity index (χ1) is 20.9. The molecule has 1 saturated heterocycles. The van der Waals surface area contributed by atoms with Gasteiger partial charge in [-0.05, 0) is 49.1 Å². The van der Waals surface area contributed by atoms with Gasteiger partial charge in [0, 0.05) is 42.5 Å². The molecule has 10 heteroatoms. The van der Waals surface area contributed by atoms with E-state index in [1.54, 1.807) is 11.1 Å². The summed E-state index contributed by atoms with van der Waals surface area (Å²) in [5, 5.41) is 6.91. The molecule has 3 heterocycles. The second-order valence-electron chi connectivity index (χ2n) is 11.3. The maximum atomic E-state index is 13.4. The van der Waals surface area contributed by atoms with Crippen LogP contribution in [-0.4, -0.2) is 65.6 Å². The SMILES string of the molecule is CCCC(CCC)Nc1ncc(Cl)c(-c2ccc3c(c2)C(=O)N(CC(=O)NC(C)c2ccc(N4CCOCC4)cc2)C3)n1. The zero-order chi connectivity index (χ0) is 30.3. The van der Waals surface area contributed by atoms with Gasteiger partial charge in [0.25, 0.3) is 5.91 Å². The Labute approximate surface area is 259 Å². The van der Waals surface area contributed by atoms with E-state index in [1.807, 2.05) is 37.3 Å². The predicted octanol–water partition coefficient (Wildman–Crippen LogP) is 5.85. The number of ether oxygens (including phenoxy) is 1. The number of rotatable bonds is 12. The molecule has 1 unspecified atom stereocenters. The van der Waals surface area contributed by atoms with Crippen molar-refractivity contribution in [3.8, 4) is 11.3 Å². The molecule has 2 aliphatic heterocycles. The van der Waals surface area contributed by atoms with Crippen molar-refractivity contribution in [1.82, 2.24) is 20.2 Å². The molecular weight excluding hydrogens is 564 g/mol. The molecule has 0 spiro atoms. The summed E-state index contributed by atoms with van der Waals surface area (Å²) in [5.74, 6) is 0.152. The first-order valence-electron chi connectivity index (χ1n) is 15.3. The summed E-state index contributed by atoms with van der Waals surface area (Å²) < 4.78 is 5.44. The molecule has 0 bridgehead atoms. The fraction of sp³-hybridized carbons (Fsp3) is 0.455. The van der Waals surface area contributed by atoms with Gasteiger partial charge in [0.2, 0.25) is 11.9 Å². The maximum Gasteiger partial charge on any atom is 0.254 e. The molecule has 0 radical (unpaired) electrons. The van der Waals surface area contributed by atoms with Crippen molar-refractivity contribution in [2.24, 2.45) is 0 Å². The van der Waals surface area contributed by atoms with Crippen LogP contribution in [0.25, 0.3) is 11.3 Å². The van der Waals surface area contributed by atoms with E-state index in [1.165, 1.54) is 0 Å². The van der Waals surface area contributed by atoms with Crippen LogP contribution in [0.15, 0.2) is 48.7 Å². The van der Waals surface area contributed by atoms with Gasteiger partial charge in [0.05, 0.1) is 36.2 Å². The second kappa shape index (κ2) is 14.2.